The van der Waals surface area contributed by atoms with E-state index in [4.69, 9.17) is 4.74 Å². The van der Waals surface area contributed by atoms with Crippen LogP contribution in [0.3, 0.4) is 0 Å². The molecule has 0 saturated carbocycles. The molecule has 0 atom stereocenters. The van der Waals surface area contributed by atoms with Gasteiger partial charge in [0, 0.05) is 23.4 Å². The van der Waals surface area contributed by atoms with E-state index in [2.05, 4.69) is 5.32 Å². The van der Waals surface area contributed by atoms with Crippen molar-refractivity contribution < 1.29 is 23.1 Å². The van der Waals surface area contributed by atoms with Gasteiger partial charge >= 0.3 is 0 Å². The van der Waals surface area contributed by atoms with Crippen LogP contribution in [-0.2, 0) is 4.74 Å². The van der Waals surface area contributed by atoms with Gasteiger partial charge in [-0.1, -0.05) is 6.07 Å². The van der Waals surface area contributed by atoms with Gasteiger partial charge in [0.2, 0.25) is 0 Å². The maximum atomic E-state index is 13.3. The minimum atomic E-state index is -1.10. The van der Waals surface area contributed by atoms with Gasteiger partial charge in [-0.05, 0) is 50.2 Å². The molecule has 1 aliphatic rings. The van der Waals surface area contributed by atoms with Crippen LogP contribution in [0.25, 0.3) is 0 Å². The number of halogens is 2. The van der Waals surface area contributed by atoms with Gasteiger partial charge in [0.05, 0.1) is 18.8 Å². The van der Waals surface area contributed by atoms with E-state index in [1.807, 2.05) is 13.8 Å². The number of hydrogen-bond acceptors (Lipinski definition) is 3. The molecule has 1 heterocycles. The Morgan fingerprint density at radius 2 is 1.85 bits per heavy atom. The molecule has 0 aromatic heterocycles. The molecule has 142 valence electrons. The first kappa shape index (κ1) is 19.0. The van der Waals surface area contributed by atoms with E-state index in [9.17, 15) is 18.4 Å². The molecule has 3 rings (SSSR count). The summed E-state index contributed by atoms with van der Waals surface area (Å²) in [5.41, 5.74) is 0.370. The molecule has 7 heteroatoms. The fourth-order valence-corrected chi connectivity index (χ4v) is 2.96. The lowest BCUT2D eigenvalue weighted by Gasteiger charge is -2.42. The molecule has 0 aliphatic carbocycles. The van der Waals surface area contributed by atoms with Crippen molar-refractivity contribution in [3.8, 4) is 0 Å². The summed E-state index contributed by atoms with van der Waals surface area (Å²) in [6, 6.07) is 9.42. The van der Waals surface area contributed by atoms with Crippen LogP contribution in [0.5, 0.6) is 0 Å². The lowest BCUT2D eigenvalue weighted by molar-refractivity contribution is -0.0370. The lowest BCUT2D eigenvalue weighted by atomic mass is 10.0. The Hall–Kier alpha value is -2.80. The number of amides is 2. The summed E-state index contributed by atoms with van der Waals surface area (Å²) in [6.45, 7) is 5.27. The monoisotopic (exact) mass is 374 g/mol. The molecule has 0 unspecified atom stereocenters. The lowest BCUT2D eigenvalue weighted by Crippen LogP contribution is -2.55. The van der Waals surface area contributed by atoms with Gasteiger partial charge in [0.1, 0.15) is 0 Å². The third kappa shape index (κ3) is 4.14. The number of nitrogens with one attached hydrogen (secondary N) is 1. The number of benzene rings is 2. The van der Waals surface area contributed by atoms with Crippen LogP contribution in [0.4, 0.5) is 14.5 Å². The normalized spacial score (nSPS) is 16.1. The van der Waals surface area contributed by atoms with Crippen molar-refractivity contribution in [3.63, 3.8) is 0 Å². The maximum Gasteiger partial charge on any atom is 0.255 e. The summed E-state index contributed by atoms with van der Waals surface area (Å²) in [7, 11) is 0. The zero-order valence-corrected chi connectivity index (χ0v) is 15.1. The van der Waals surface area contributed by atoms with Crippen molar-refractivity contribution in [2.24, 2.45) is 0 Å². The first-order valence-electron chi connectivity index (χ1n) is 8.54. The highest BCUT2D eigenvalue weighted by Crippen LogP contribution is 2.23. The summed E-state index contributed by atoms with van der Waals surface area (Å²) in [5, 5.41) is 2.60. The Kier molecular flexibility index (Phi) is 5.23. The zero-order chi connectivity index (χ0) is 19.6. The van der Waals surface area contributed by atoms with Crippen molar-refractivity contribution >= 4 is 17.5 Å². The van der Waals surface area contributed by atoms with Crippen molar-refractivity contribution in [2.45, 2.75) is 19.4 Å². The highest BCUT2D eigenvalue weighted by atomic mass is 19.2. The number of hydrogen-bond donors (Lipinski definition) is 1. The summed E-state index contributed by atoms with van der Waals surface area (Å²) in [6.07, 6.45) is 0. The van der Waals surface area contributed by atoms with Gasteiger partial charge < -0.3 is 15.0 Å². The standard InChI is InChI=1S/C20H20F2N2O3/c1-20(2)12-27-9-8-24(20)19(26)14-4-3-5-15(10-14)23-18(25)13-6-7-16(21)17(22)11-13/h3-7,10-11H,8-9,12H2,1-2H3,(H,23,25). The molecule has 2 amide bonds. The minimum absolute atomic E-state index is 0.0139. The molecule has 0 bridgehead atoms. The summed E-state index contributed by atoms with van der Waals surface area (Å²) in [5.74, 6) is -2.87. The summed E-state index contributed by atoms with van der Waals surface area (Å²) >= 11 is 0. The highest BCUT2D eigenvalue weighted by Gasteiger charge is 2.34. The van der Waals surface area contributed by atoms with Crippen molar-refractivity contribution in [1.82, 2.24) is 4.90 Å². The Balaban J connectivity index is 1.78. The molecule has 0 spiro atoms. The molecule has 1 fully saturated rings. The second kappa shape index (κ2) is 7.44. The van der Waals surface area contributed by atoms with Gasteiger partial charge in [0.25, 0.3) is 11.8 Å². The summed E-state index contributed by atoms with van der Waals surface area (Å²) in [4.78, 5) is 26.9. The quantitative estimate of drug-likeness (QED) is 0.895. The SMILES string of the molecule is CC1(C)COCCN1C(=O)c1cccc(NC(=O)c2ccc(F)c(F)c2)c1. The number of rotatable bonds is 3. The van der Waals surface area contributed by atoms with Gasteiger partial charge in [-0.2, -0.15) is 0 Å². The average molecular weight is 374 g/mol. The molecule has 1 aliphatic heterocycles. The predicted molar refractivity (Wildman–Crippen MR) is 96.7 cm³/mol. The maximum absolute atomic E-state index is 13.3. The fourth-order valence-electron chi connectivity index (χ4n) is 2.96. The number of carbonyl (C=O) groups excluding carboxylic acids is 2. The Morgan fingerprint density at radius 3 is 2.56 bits per heavy atom. The minimum Gasteiger partial charge on any atom is -0.377 e. The van der Waals surface area contributed by atoms with Gasteiger partial charge in [-0.3, -0.25) is 9.59 Å². The van der Waals surface area contributed by atoms with E-state index >= 15 is 0 Å². The van der Waals surface area contributed by atoms with Crippen LogP contribution in [0.1, 0.15) is 34.6 Å². The molecular formula is C20H20F2N2O3. The van der Waals surface area contributed by atoms with Crippen LogP contribution in [0.2, 0.25) is 0 Å². The van der Waals surface area contributed by atoms with E-state index in [0.717, 1.165) is 12.1 Å². The Bertz CT molecular complexity index is 883. The number of ether oxygens (including phenoxy) is 1. The van der Waals surface area contributed by atoms with Crippen LogP contribution < -0.4 is 5.32 Å². The largest absolute Gasteiger partial charge is 0.377 e. The van der Waals surface area contributed by atoms with Gasteiger partial charge in [-0.15, -0.1) is 0 Å². The smallest absolute Gasteiger partial charge is 0.255 e. The van der Waals surface area contributed by atoms with E-state index in [1.54, 1.807) is 29.2 Å². The zero-order valence-electron chi connectivity index (χ0n) is 15.1. The van der Waals surface area contributed by atoms with Crippen molar-refractivity contribution in [3.05, 3.63) is 65.2 Å². The predicted octanol–water partition coefficient (Wildman–Crippen LogP) is 3.47. The van der Waals surface area contributed by atoms with Crippen LogP contribution in [0, 0.1) is 11.6 Å². The van der Waals surface area contributed by atoms with Crippen LogP contribution in [-0.4, -0.2) is 42.0 Å². The highest BCUT2D eigenvalue weighted by molar-refractivity contribution is 6.05. The number of anilines is 1. The Labute approximate surface area is 155 Å². The molecule has 2 aromatic carbocycles. The molecule has 2 aromatic rings. The van der Waals surface area contributed by atoms with E-state index < -0.39 is 23.1 Å². The second-order valence-corrected chi connectivity index (χ2v) is 6.99. The first-order chi connectivity index (χ1) is 12.8. The fraction of sp³-hybridized carbons (Fsp3) is 0.300. The van der Waals surface area contributed by atoms with E-state index in [1.165, 1.54) is 6.07 Å². The first-order valence-corrected chi connectivity index (χ1v) is 8.54. The molecule has 0 radical (unpaired) electrons. The van der Waals surface area contributed by atoms with Gasteiger partial charge in [0.15, 0.2) is 11.6 Å². The number of nitrogens with zero attached hydrogens (tertiary/aromatic N) is 1. The number of carbonyl (C=O) groups is 2. The van der Waals surface area contributed by atoms with Crippen molar-refractivity contribution in [2.75, 3.05) is 25.1 Å². The van der Waals surface area contributed by atoms with E-state index in [-0.39, 0.29) is 11.5 Å². The second-order valence-electron chi connectivity index (χ2n) is 6.99. The van der Waals surface area contributed by atoms with Crippen LogP contribution >= 0.6 is 0 Å². The summed E-state index contributed by atoms with van der Waals surface area (Å²) < 4.78 is 31.8. The average Bonchev–Trinajstić information content (AvgIpc) is 2.63. The molecule has 5 nitrogen and oxygen atoms in total. The van der Waals surface area contributed by atoms with Crippen LogP contribution in [0.15, 0.2) is 42.5 Å². The van der Waals surface area contributed by atoms with Crippen molar-refractivity contribution in [1.29, 1.82) is 0 Å². The topological polar surface area (TPSA) is 58.6 Å². The number of morpholine rings is 1. The molecule has 1 saturated heterocycles. The third-order valence-corrected chi connectivity index (χ3v) is 4.44. The third-order valence-electron chi connectivity index (χ3n) is 4.44. The molecular weight excluding hydrogens is 354 g/mol. The van der Waals surface area contributed by atoms with E-state index in [0.29, 0.717) is 31.0 Å². The molecule has 1 N–H and O–H groups in total. The van der Waals surface area contributed by atoms with Gasteiger partial charge in [-0.25, -0.2) is 8.78 Å². The Morgan fingerprint density at radius 1 is 1.07 bits per heavy atom. The molecule has 27 heavy (non-hydrogen) atoms.